The van der Waals surface area contributed by atoms with E-state index in [2.05, 4.69) is 5.32 Å². The molecule has 112 valence electrons. The average molecular weight is 347 g/mol. The van der Waals surface area contributed by atoms with Crippen LogP contribution in [0.2, 0.25) is 15.1 Å². The molecule has 0 aliphatic rings. The molecule has 0 heterocycles. The zero-order valence-corrected chi connectivity index (χ0v) is 13.7. The Bertz CT molecular complexity index is 631. The molecule has 0 spiro atoms. The van der Waals surface area contributed by atoms with Crippen LogP contribution in [0.15, 0.2) is 36.4 Å². The molecule has 0 amide bonds. The van der Waals surface area contributed by atoms with Gasteiger partial charge in [-0.15, -0.1) is 0 Å². The van der Waals surface area contributed by atoms with Gasteiger partial charge in [-0.2, -0.15) is 0 Å². The Balaban J connectivity index is 2.32. The van der Waals surface area contributed by atoms with Gasteiger partial charge in [0.2, 0.25) is 0 Å². The van der Waals surface area contributed by atoms with Gasteiger partial charge in [-0.3, -0.25) is 0 Å². The molecule has 5 heteroatoms. The van der Waals surface area contributed by atoms with E-state index >= 15 is 0 Å². The van der Waals surface area contributed by atoms with Crippen molar-refractivity contribution in [2.45, 2.75) is 19.4 Å². The molecule has 0 saturated heterocycles. The lowest BCUT2D eigenvalue weighted by Gasteiger charge is -2.20. The molecule has 0 saturated carbocycles. The molecule has 0 aliphatic carbocycles. The van der Waals surface area contributed by atoms with Crippen molar-refractivity contribution in [2.75, 3.05) is 6.54 Å². The largest absolute Gasteiger partial charge is 0.310 e. The van der Waals surface area contributed by atoms with Crippen LogP contribution in [0, 0.1) is 5.82 Å². The van der Waals surface area contributed by atoms with Gasteiger partial charge in [-0.05, 0) is 54.4 Å². The molecule has 2 aromatic carbocycles. The van der Waals surface area contributed by atoms with E-state index in [1.807, 2.05) is 13.0 Å². The van der Waals surface area contributed by atoms with E-state index in [-0.39, 0.29) is 11.9 Å². The molecule has 0 bridgehead atoms. The lowest BCUT2D eigenvalue weighted by atomic mass is 9.98. The van der Waals surface area contributed by atoms with Crippen molar-refractivity contribution >= 4 is 34.8 Å². The molecular formula is C16H15Cl3FN. The standard InChI is InChI=1S/C16H15Cl3FN/c1-2-21-16(13-5-3-12(18)9-14(13)19)8-10-7-11(17)4-6-15(10)20/h3-7,9,16,21H,2,8H2,1H3. The Kier molecular flexibility index (Phi) is 5.88. The molecule has 0 radical (unpaired) electrons. The summed E-state index contributed by atoms with van der Waals surface area (Å²) in [4.78, 5) is 0. The van der Waals surface area contributed by atoms with Gasteiger partial charge in [0, 0.05) is 21.1 Å². The van der Waals surface area contributed by atoms with Crippen LogP contribution in [-0.2, 0) is 6.42 Å². The summed E-state index contributed by atoms with van der Waals surface area (Å²) < 4.78 is 13.9. The topological polar surface area (TPSA) is 12.0 Å². The van der Waals surface area contributed by atoms with E-state index in [1.54, 1.807) is 18.2 Å². The van der Waals surface area contributed by atoms with Gasteiger partial charge in [-0.1, -0.05) is 47.8 Å². The second kappa shape index (κ2) is 7.46. The van der Waals surface area contributed by atoms with Crippen LogP contribution in [0.5, 0.6) is 0 Å². The quantitative estimate of drug-likeness (QED) is 0.734. The third-order valence-electron chi connectivity index (χ3n) is 3.22. The van der Waals surface area contributed by atoms with Crippen LogP contribution in [0.4, 0.5) is 4.39 Å². The van der Waals surface area contributed by atoms with E-state index in [4.69, 9.17) is 34.8 Å². The van der Waals surface area contributed by atoms with Gasteiger partial charge in [0.1, 0.15) is 5.82 Å². The Labute approximate surface area is 139 Å². The minimum atomic E-state index is -0.271. The van der Waals surface area contributed by atoms with Crippen LogP contribution >= 0.6 is 34.8 Å². The van der Waals surface area contributed by atoms with Crippen molar-refractivity contribution in [3.63, 3.8) is 0 Å². The summed E-state index contributed by atoms with van der Waals surface area (Å²) in [5, 5.41) is 4.98. The Morgan fingerprint density at radius 3 is 2.38 bits per heavy atom. The van der Waals surface area contributed by atoms with Gasteiger partial charge in [0.15, 0.2) is 0 Å². The van der Waals surface area contributed by atoms with E-state index in [1.165, 1.54) is 12.1 Å². The zero-order valence-electron chi connectivity index (χ0n) is 11.5. The highest BCUT2D eigenvalue weighted by Gasteiger charge is 2.17. The van der Waals surface area contributed by atoms with Crippen molar-refractivity contribution < 1.29 is 4.39 Å². The molecule has 2 rings (SSSR count). The lowest BCUT2D eigenvalue weighted by Crippen LogP contribution is -2.23. The van der Waals surface area contributed by atoms with Crippen LogP contribution in [0.25, 0.3) is 0 Å². The summed E-state index contributed by atoms with van der Waals surface area (Å²) in [7, 11) is 0. The van der Waals surface area contributed by atoms with Crippen LogP contribution in [0.3, 0.4) is 0 Å². The summed E-state index contributed by atoms with van der Waals surface area (Å²) >= 11 is 18.1. The molecule has 1 atom stereocenters. The summed E-state index contributed by atoms with van der Waals surface area (Å²) in [6.07, 6.45) is 0.460. The fraction of sp³-hybridized carbons (Fsp3) is 0.250. The van der Waals surface area contributed by atoms with E-state index in [0.717, 1.165) is 12.1 Å². The first-order valence-electron chi connectivity index (χ1n) is 6.63. The van der Waals surface area contributed by atoms with Crippen LogP contribution in [0.1, 0.15) is 24.1 Å². The minimum Gasteiger partial charge on any atom is -0.310 e. The number of hydrogen-bond donors (Lipinski definition) is 1. The lowest BCUT2D eigenvalue weighted by molar-refractivity contribution is 0.528. The fourth-order valence-electron chi connectivity index (χ4n) is 2.24. The summed E-state index contributed by atoms with van der Waals surface area (Å²) in [5.41, 5.74) is 1.45. The van der Waals surface area contributed by atoms with Gasteiger partial charge in [0.25, 0.3) is 0 Å². The highest BCUT2D eigenvalue weighted by molar-refractivity contribution is 6.35. The third-order valence-corrected chi connectivity index (χ3v) is 4.02. The summed E-state index contributed by atoms with van der Waals surface area (Å²) in [6.45, 7) is 2.73. The zero-order chi connectivity index (χ0) is 15.4. The summed E-state index contributed by atoms with van der Waals surface area (Å²) in [5.74, 6) is -0.271. The fourth-order valence-corrected chi connectivity index (χ4v) is 2.98. The molecule has 1 N–H and O–H groups in total. The molecule has 2 aromatic rings. The highest BCUT2D eigenvalue weighted by Crippen LogP contribution is 2.29. The Morgan fingerprint density at radius 1 is 1.05 bits per heavy atom. The van der Waals surface area contributed by atoms with E-state index in [0.29, 0.717) is 27.1 Å². The second-order valence-electron chi connectivity index (χ2n) is 4.72. The molecular weight excluding hydrogens is 332 g/mol. The Hall–Kier alpha value is -0.800. The van der Waals surface area contributed by atoms with Gasteiger partial charge in [0.05, 0.1) is 0 Å². The van der Waals surface area contributed by atoms with Crippen LogP contribution in [-0.4, -0.2) is 6.54 Å². The number of benzene rings is 2. The average Bonchev–Trinajstić information content (AvgIpc) is 2.42. The normalized spacial score (nSPS) is 12.4. The van der Waals surface area contributed by atoms with Gasteiger partial charge >= 0.3 is 0 Å². The van der Waals surface area contributed by atoms with Crippen molar-refractivity contribution in [1.29, 1.82) is 0 Å². The smallest absolute Gasteiger partial charge is 0.126 e. The second-order valence-corrected chi connectivity index (χ2v) is 6.00. The molecule has 21 heavy (non-hydrogen) atoms. The van der Waals surface area contributed by atoms with Crippen molar-refractivity contribution in [3.05, 3.63) is 68.4 Å². The van der Waals surface area contributed by atoms with E-state index < -0.39 is 0 Å². The van der Waals surface area contributed by atoms with Crippen molar-refractivity contribution in [2.24, 2.45) is 0 Å². The first-order chi connectivity index (χ1) is 10.0. The Morgan fingerprint density at radius 2 is 1.71 bits per heavy atom. The first kappa shape index (κ1) is 16.6. The molecule has 0 aromatic heterocycles. The van der Waals surface area contributed by atoms with Gasteiger partial charge in [-0.25, -0.2) is 4.39 Å². The predicted octanol–water partition coefficient (Wildman–Crippen LogP) is 5.68. The highest BCUT2D eigenvalue weighted by atomic mass is 35.5. The number of hydrogen-bond acceptors (Lipinski definition) is 1. The number of halogens is 4. The third kappa shape index (κ3) is 4.33. The van der Waals surface area contributed by atoms with E-state index in [9.17, 15) is 4.39 Å². The maximum Gasteiger partial charge on any atom is 0.126 e. The number of rotatable bonds is 5. The maximum absolute atomic E-state index is 13.9. The molecule has 0 aliphatic heterocycles. The number of likely N-dealkylation sites (N-methyl/N-ethyl adjacent to an activating group) is 1. The SMILES string of the molecule is CCNC(Cc1cc(Cl)ccc1F)c1ccc(Cl)cc1Cl. The van der Waals surface area contributed by atoms with Crippen molar-refractivity contribution in [1.82, 2.24) is 5.32 Å². The number of nitrogens with one attached hydrogen (secondary N) is 1. The minimum absolute atomic E-state index is 0.104. The predicted molar refractivity (Wildman–Crippen MR) is 88.0 cm³/mol. The maximum atomic E-state index is 13.9. The molecule has 0 fully saturated rings. The molecule has 1 nitrogen and oxygen atoms in total. The summed E-state index contributed by atoms with van der Waals surface area (Å²) in [6, 6.07) is 9.79. The first-order valence-corrected chi connectivity index (χ1v) is 7.77. The van der Waals surface area contributed by atoms with Gasteiger partial charge < -0.3 is 5.32 Å². The van der Waals surface area contributed by atoms with Crippen molar-refractivity contribution in [3.8, 4) is 0 Å². The van der Waals surface area contributed by atoms with Crippen LogP contribution < -0.4 is 5.32 Å². The molecule has 1 unspecified atom stereocenters. The monoisotopic (exact) mass is 345 g/mol.